The Morgan fingerprint density at radius 1 is 0.931 bits per heavy atom. The highest BCUT2D eigenvalue weighted by Crippen LogP contribution is 2.18. The van der Waals surface area contributed by atoms with E-state index in [4.69, 9.17) is 21.1 Å². The van der Waals surface area contributed by atoms with Crippen LogP contribution in [0.4, 0.5) is 5.69 Å². The molecular formula is C23H20ClNO4. The molecule has 0 aliphatic heterocycles. The summed E-state index contributed by atoms with van der Waals surface area (Å²) < 4.78 is 10.9. The molecule has 0 aliphatic rings. The minimum Gasteiger partial charge on any atom is -0.489 e. The van der Waals surface area contributed by atoms with Crippen molar-refractivity contribution < 1.29 is 19.1 Å². The normalized spacial score (nSPS) is 11.4. The summed E-state index contributed by atoms with van der Waals surface area (Å²) >= 11 is 5.80. The minimum absolute atomic E-state index is 0.328. The van der Waals surface area contributed by atoms with Crippen molar-refractivity contribution in [3.63, 3.8) is 0 Å². The Morgan fingerprint density at radius 2 is 1.59 bits per heavy atom. The van der Waals surface area contributed by atoms with Crippen LogP contribution in [0, 0.1) is 0 Å². The Hall–Kier alpha value is -3.31. The summed E-state index contributed by atoms with van der Waals surface area (Å²) in [5.74, 6) is -0.326. The largest absolute Gasteiger partial charge is 0.489 e. The molecule has 0 unspecified atom stereocenters. The van der Waals surface area contributed by atoms with Crippen LogP contribution in [0.1, 0.15) is 22.8 Å². The highest BCUT2D eigenvalue weighted by molar-refractivity contribution is 6.30. The van der Waals surface area contributed by atoms with Gasteiger partial charge >= 0.3 is 5.97 Å². The van der Waals surface area contributed by atoms with Gasteiger partial charge in [0.15, 0.2) is 6.10 Å². The highest BCUT2D eigenvalue weighted by Gasteiger charge is 2.19. The maximum atomic E-state index is 12.3. The van der Waals surface area contributed by atoms with E-state index in [0.29, 0.717) is 28.6 Å². The number of hydrogen-bond acceptors (Lipinski definition) is 4. The molecule has 3 rings (SSSR count). The molecule has 0 heterocycles. The number of halogens is 1. The van der Waals surface area contributed by atoms with Crippen molar-refractivity contribution in [2.24, 2.45) is 0 Å². The van der Waals surface area contributed by atoms with E-state index in [2.05, 4.69) is 5.32 Å². The van der Waals surface area contributed by atoms with Crippen LogP contribution in [-0.2, 0) is 16.1 Å². The van der Waals surface area contributed by atoms with Crippen LogP contribution in [0.3, 0.4) is 0 Å². The van der Waals surface area contributed by atoms with E-state index in [9.17, 15) is 9.59 Å². The average molecular weight is 410 g/mol. The topological polar surface area (TPSA) is 64.6 Å². The van der Waals surface area contributed by atoms with Crippen LogP contribution < -0.4 is 10.1 Å². The number of anilines is 1. The summed E-state index contributed by atoms with van der Waals surface area (Å²) in [5, 5.41) is 3.23. The first-order chi connectivity index (χ1) is 14.0. The van der Waals surface area contributed by atoms with Crippen molar-refractivity contribution in [1.29, 1.82) is 0 Å². The molecule has 1 N–H and O–H groups in total. The van der Waals surface area contributed by atoms with Crippen molar-refractivity contribution in [3.8, 4) is 5.75 Å². The smallest absolute Gasteiger partial charge is 0.338 e. The van der Waals surface area contributed by atoms with E-state index < -0.39 is 18.0 Å². The molecule has 0 radical (unpaired) electrons. The Bertz CT molecular complexity index is 956. The fourth-order valence-electron chi connectivity index (χ4n) is 2.49. The van der Waals surface area contributed by atoms with Gasteiger partial charge in [-0.1, -0.05) is 41.9 Å². The zero-order valence-corrected chi connectivity index (χ0v) is 16.6. The molecule has 1 atom stereocenters. The molecule has 148 valence electrons. The Labute approximate surface area is 174 Å². The van der Waals surface area contributed by atoms with Gasteiger partial charge in [0.05, 0.1) is 5.56 Å². The number of ether oxygens (including phenoxy) is 2. The molecule has 0 spiro atoms. The first kappa shape index (κ1) is 20.4. The number of nitrogens with one attached hydrogen (secondary N) is 1. The SMILES string of the molecule is C[C@H](OC(=O)c1ccc(Cl)cc1)C(=O)Nc1ccc(OCc2ccccc2)cc1. The van der Waals surface area contributed by atoms with Gasteiger partial charge in [-0.05, 0) is 61.0 Å². The van der Waals surface area contributed by atoms with Crippen molar-refractivity contribution in [2.45, 2.75) is 19.6 Å². The Kier molecular flexibility index (Phi) is 6.87. The number of carbonyl (C=O) groups excluding carboxylic acids is 2. The number of amides is 1. The van der Waals surface area contributed by atoms with E-state index in [0.717, 1.165) is 5.56 Å². The predicted molar refractivity (Wildman–Crippen MR) is 112 cm³/mol. The van der Waals surface area contributed by atoms with Gasteiger partial charge in [-0.3, -0.25) is 4.79 Å². The first-order valence-corrected chi connectivity index (χ1v) is 9.43. The zero-order valence-electron chi connectivity index (χ0n) is 15.8. The van der Waals surface area contributed by atoms with Crippen molar-refractivity contribution >= 4 is 29.2 Å². The molecule has 6 heteroatoms. The third-order valence-corrected chi connectivity index (χ3v) is 4.36. The van der Waals surface area contributed by atoms with Gasteiger partial charge in [0.2, 0.25) is 0 Å². The van der Waals surface area contributed by atoms with E-state index in [1.807, 2.05) is 30.3 Å². The van der Waals surface area contributed by atoms with Gasteiger partial charge in [-0.2, -0.15) is 0 Å². The average Bonchev–Trinajstić information content (AvgIpc) is 2.74. The molecular weight excluding hydrogens is 390 g/mol. The van der Waals surface area contributed by atoms with Crippen LogP contribution in [0.25, 0.3) is 0 Å². The summed E-state index contributed by atoms with van der Waals surface area (Å²) in [4.78, 5) is 24.4. The van der Waals surface area contributed by atoms with Crippen LogP contribution in [0.15, 0.2) is 78.9 Å². The molecule has 3 aromatic rings. The van der Waals surface area contributed by atoms with Gasteiger partial charge in [0, 0.05) is 10.7 Å². The molecule has 0 aromatic heterocycles. The second-order valence-corrected chi connectivity index (χ2v) is 6.78. The number of esters is 1. The molecule has 0 saturated carbocycles. The zero-order chi connectivity index (χ0) is 20.6. The van der Waals surface area contributed by atoms with E-state index in [-0.39, 0.29) is 0 Å². The second-order valence-electron chi connectivity index (χ2n) is 6.34. The number of carbonyl (C=O) groups is 2. The third kappa shape index (κ3) is 6.09. The summed E-state index contributed by atoms with van der Waals surface area (Å²) in [6.45, 7) is 1.98. The second kappa shape index (κ2) is 9.75. The number of hydrogen-bond donors (Lipinski definition) is 1. The summed E-state index contributed by atoms with van der Waals surface area (Å²) in [7, 11) is 0. The molecule has 29 heavy (non-hydrogen) atoms. The molecule has 0 aliphatic carbocycles. The number of rotatable bonds is 7. The van der Waals surface area contributed by atoms with Gasteiger partial charge in [-0.25, -0.2) is 4.79 Å². The van der Waals surface area contributed by atoms with Crippen molar-refractivity contribution in [3.05, 3.63) is 95.0 Å². The maximum absolute atomic E-state index is 12.3. The number of benzene rings is 3. The maximum Gasteiger partial charge on any atom is 0.338 e. The first-order valence-electron chi connectivity index (χ1n) is 9.05. The van der Waals surface area contributed by atoms with Crippen LogP contribution in [0.2, 0.25) is 5.02 Å². The Balaban J connectivity index is 1.50. The monoisotopic (exact) mass is 409 g/mol. The van der Waals surface area contributed by atoms with Gasteiger partial charge in [-0.15, -0.1) is 0 Å². The minimum atomic E-state index is -0.952. The summed E-state index contributed by atoms with van der Waals surface area (Å²) in [6.07, 6.45) is -0.952. The van der Waals surface area contributed by atoms with Crippen molar-refractivity contribution in [1.82, 2.24) is 0 Å². The fraction of sp³-hybridized carbons (Fsp3) is 0.130. The van der Waals surface area contributed by atoms with Gasteiger partial charge in [0.25, 0.3) is 5.91 Å². The van der Waals surface area contributed by atoms with E-state index >= 15 is 0 Å². The van der Waals surface area contributed by atoms with Gasteiger partial charge in [0.1, 0.15) is 12.4 Å². The summed E-state index contributed by atoms with van der Waals surface area (Å²) in [5.41, 5.74) is 1.98. The van der Waals surface area contributed by atoms with Crippen LogP contribution in [-0.4, -0.2) is 18.0 Å². The van der Waals surface area contributed by atoms with Crippen LogP contribution >= 0.6 is 11.6 Å². The van der Waals surface area contributed by atoms with Gasteiger partial charge < -0.3 is 14.8 Å². The van der Waals surface area contributed by atoms with E-state index in [1.165, 1.54) is 6.92 Å². The lowest BCUT2D eigenvalue weighted by Crippen LogP contribution is -2.29. The molecule has 0 fully saturated rings. The molecule has 0 saturated heterocycles. The fourth-order valence-corrected chi connectivity index (χ4v) is 2.61. The molecule has 1 amide bonds. The quantitative estimate of drug-likeness (QED) is 0.551. The predicted octanol–water partition coefficient (Wildman–Crippen LogP) is 5.10. The standard InChI is InChI=1S/C23H20ClNO4/c1-16(29-23(27)18-7-9-19(24)10-8-18)22(26)25-20-11-13-21(14-12-20)28-15-17-5-3-2-4-6-17/h2-14,16H,15H2,1H3,(H,25,26)/t16-/m0/s1. The third-order valence-electron chi connectivity index (χ3n) is 4.10. The molecule has 5 nitrogen and oxygen atoms in total. The van der Waals surface area contributed by atoms with Crippen molar-refractivity contribution in [2.75, 3.05) is 5.32 Å². The lowest BCUT2D eigenvalue weighted by Gasteiger charge is -2.14. The van der Waals surface area contributed by atoms with E-state index in [1.54, 1.807) is 48.5 Å². The lowest BCUT2D eigenvalue weighted by molar-refractivity contribution is -0.123. The lowest BCUT2D eigenvalue weighted by atomic mass is 10.2. The summed E-state index contributed by atoms with van der Waals surface area (Å²) in [6, 6.07) is 23.1. The highest BCUT2D eigenvalue weighted by atomic mass is 35.5. The Morgan fingerprint density at radius 3 is 2.24 bits per heavy atom. The van der Waals surface area contributed by atoms with Crippen LogP contribution in [0.5, 0.6) is 5.75 Å². The molecule has 3 aromatic carbocycles. The molecule has 0 bridgehead atoms.